The fourth-order valence-electron chi connectivity index (χ4n) is 1.98. The molecule has 1 aromatic carbocycles. The first-order valence-corrected chi connectivity index (χ1v) is 5.95. The second kappa shape index (κ2) is 4.84. The highest BCUT2D eigenvalue weighted by Gasteiger charge is 2.15. The van der Waals surface area contributed by atoms with Crippen molar-refractivity contribution >= 4 is 28.7 Å². The minimum absolute atomic E-state index is 0.168. The van der Waals surface area contributed by atoms with Crippen molar-refractivity contribution in [3.05, 3.63) is 40.5 Å². The highest BCUT2D eigenvalue weighted by Crippen LogP contribution is 2.31. The Balaban J connectivity index is 2.29. The number of benzene rings is 1. The number of carbonyl (C=O) groups is 1. The van der Waals surface area contributed by atoms with Gasteiger partial charge in [0.25, 0.3) is 0 Å². The Morgan fingerprint density at radius 2 is 2.24 bits per heavy atom. The highest BCUT2D eigenvalue weighted by molar-refractivity contribution is 6.34. The van der Waals surface area contributed by atoms with Gasteiger partial charge in [0.15, 0.2) is 0 Å². The first kappa shape index (κ1) is 12.1. The summed E-state index contributed by atoms with van der Waals surface area (Å²) in [6, 6.07) is 7.95. The molecule has 0 amide bonds. The minimum atomic E-state index is 0.168. The van der Waals surface area contributed by atoms with Crippen molar-refractivity contribution in [2.75, 3.05) is 0 Å². The minimum Gasteiger partial charge on any atom is -0.300 e. The van der Waals surface area contributed by atoms with E-state index < -0.39 is 0 Å². The molecule has 0 fully saturated rings. The van der Waals surface area contributed by atoms with Crippen LogP contribution in [0.25, 0.3) is 5.57 Å². The average Bonchev–Trinajstić information content (AvgIpc) is 2.57. The summed E-state index contributed by atoms with van der Waals surface area (Å²) < 4.78 is 0. The number of ketones is 1. The zero-order valence-corrected chi connectivity index (χ0v) is 10.7. The largest absolute Gasteiger partial charge is 0.300 e. The predicted octanol–water partition coefficient (Wildman–Crippen LogP) is 3.59. The molecule has 2 rings (SSSR count). The van der Waals surface area contributed by atoms with Gasteiger partial charge >= 0.3 is 0 Å². The second-order valence-corrected chi connectivity index (χ2v) is 4.73. The van der Waals surface area contributed by atoms with Gasteiger partial charge in [-0.05, 0) is 25.0 Å². The van der Waals surface area contributed by atoms with Crippen LogP contribution in [0, 0.1) is 0 Å². The maximum Gasteiger partial charge on any atom is 0.134 e. The summed E-state index contributed by atoms with van der Waals surface area (Å²) in [7, 11) is 0. The summed E-state index contributed by atoms with van der Waals surface area (Å²) in [6.07, 6.45) is 1.26. The van der Waals surface area contributed by atoms with Gasteiger partial charge in [-0.15, -0.1) is 0 Å². The molecule has 0 saturated carbocycles. The third-order valence-corrected chi connectivity index (χ3v) is 3.01. The molecule has 0 unspecified atom stereocenters. The van der Waals surface area contributed by atoms with Crippen molar-refractivity contribution in [2.24, 2.45) is 4.99 Å². The monoisotopic (exact) mass is 247 g/mol. The fraction of sp³-hybridized carbons (Fsp3) is 0.286. The second-order valence-electron chi connectivity index (χ2n) is 4.37. The summed E-state index contributed by atoms with van der Waals surface area (Å²) >= 11 is 6.09. The van der Waals surface area contributed by atoms with E-state index in [1.165, 1.54) is 0 Å². The fourth-order valence-corrected chi connectivity index (χ4v) is 2.30. The third kappa shape index (κ3) is 2.83. The van der Waals surface area contributed by atoms with Crippen LogP contribution in [-0.4, -0.2) is 11.5 Å². The number of rotatable bonds is 3. The first-order valence-electron chi connectivity index (χ1n) is 5.58. The molecule has 88 valence electrons. The van der Waals surface area contributed by atoms with E-state index in [4.69, 9.17) is 11.6 Å². The van der Waals surface area contributed by atoms with Crippen LogP contribution in [-0.2, 0) is 11.2 Å². The molecule has 0 bridgehead atoms. The number of hydrogen-bond acceptors (Lipinski definition) is 2. The molecule has 1 aliphatic rings. The van der Waals surface area contributed by atoms with E-state index in [9.17, 15) is 4.79 Å². The number of Topliss-reactive ketones (excluding diaryl/α,β-unsaturated/α-hetero) is 1. The summed E-state index contributed by atoms with van der Waals surface area (Å²) in [5.74, 6) is 0.168. The number of hydrogen-bond donors (Lipinski definition) is 0. The van der Waals surface area contributed by atoms with E-state index in [0.717, 1.165) is 28.8 Å². The zero-order valence-electron chi connectivity index (χ0n) is 9.96. The van der Waals surface area contributed by atoms with E-state index >= 15 is 0 Å². The topological polar surface area (TPSA) is 29.4 Å². The quantitative estimate of drug-likeness (QED) is 0.751. The molecular formula is C14H14ClNO. The summed E-state index contributed by atoms with van der Waals surface area (Å²) in [4.78, 5) is 15.3. The van der Waals surface area contributed by atoms with Crippen LogP contribution in [0.2, 0.25) is 0 Å². The van der Waals surface area contributed by atoms with Crippen LogP contribution in [0.3, 0.4) is 0 Å². The maximum atomic E-state index is 11.1. The SMILES string of the molecule is CC(=O)Cc1cccc(C2=C(Cl)N=C(C)C2)c1. The molecule has 1 aromatic rings. The molecule has 0 N–H and O–H groups in total. The maximum absolute atomic E-state index is 11.1. The number of allylic oxidation sites excluding steroid dienone is 1. The number of halogens is 1. The summed E-state index contributed by atoms with van der Waals surface area (Å²) in [5.41, 5.74) is 4.17. The van der Waals surface area contributed by atoms with Gasteiger partial charge in [-0.25, -0.2) is 4.99 Å². The molecule has 0 atom stereocenters. The molecule has 0 saturated heterocycles. The van der Waals surface area contributed by atoms with Gasteiger partial charge < -0.3 is 0 Å². The molecule has 1 heterocycles. The van der Waals surface area contributed by atoms with Crippen molar-refractivity contribution in [3.63, 3.8) is 0 Å². The van der Waals surface area contributed by atoms with Crippen molar-refractivity contribution in [1.29, 1.82) is 0 Å². The molecule has 0 spiro atoms. The predicted molar refractivity (Wildman–Crippen MR) is 71.3 cm³/mol. The lowest BCUT2D eigenvalue weighted by Gasteiger charge is -2.05. The van der Waals surface area contributed by atoms with Crippen LogP contribution >= 0.6 is 11.6 Å². The Hall–Kier alpha value is -1.41. The Bertz CT molecular complexity index is 529. The lowest BCUT2D eigenvalue weighted by atomic mass is 9.99. The highest BCUT2D eigenvalue weighted by atomic mass is 35.5. The van der Waals surface area contributed by atoms with E-state index in [-0.39, 0.29) is 5.78 Å². The van der Waals surface area contributed by atoms with Gasteiger partial charge in [0.1, 0.15) is 10.9 Å². The molecule has 17 heavy (non-hydrogen) atoms. The Morgan fingerprint density at radius 3 is 2.82 bits per heavy atom. The standard InChI is InChI=1S/C14H14ClNO/c1-9-6-13(14(15)16-9)12-5-3-4-11(8-12)7-10(2)17/h3-5,8H,6-7H2,1-2H3. The smallest absolute Gasteiger partial charge is 0.134 e. The average molecular weight is 248 g/mol. The normalized spacial score (nSPS) is 15.1. The molecule has 2 nitrogen and oxygen atoms in total. The number of carbonyl (C=O) groups excluding carboxylic acids is 1. The molecular weight excluding hydrogens is 234 g/mol. The summed E-state index contributed by atoms with van der Waals surface area (Å²) in [6.45, 7) is 3.57. The Labute approximate surface area is 106 Å². The van der Waals surface area contributed by atoms with Crippen LogP contribution in [0.1, 0.15) is 31.4 Å². The first-order chi connectivity index (χ1) is 8.06. The van der Waals surface area contributed by atoms with E-state index in [1.54, 1.807) is 6.92 Å². The third-order valence-electron chi connectivity index (χ3n) is 2.70. The van der Waals surface area contributed by atoms with E-state index in [2.05, 4.69) is 4.99 Å². The van der Waals surface area contributed by atoms with E-state index in [1.807, 2.05) is 31.2 Å². The van der Waals surface area contributed by atoms with E-state index in [0.29, 0.717) is 11.6 Å². The van der Waals surface area contributed by atoms with Crippen molar-refractivity contribution in [1.82, 2.24) is 0 Å². The Morgan fingerprint density at radius 1 is 1.47 bits per heavy atom. The van der Waals surface area contributed by atoms with Crippen LogP contribution in [0.4, 0.5) is 0 Å². The van der Waals surface area contributed by atoms with Gasteiger partial charge in [-0.1, -0.05) is 35.9 Å². The summed E-state index contributed by atoms with van der Waals surface area (Å²) in [5, 5.41) is 0.572. The van der Waals surface area contributed by atoms with Gasteiger partial charge in [0, 0.05) is 24.1 Å². The Kier molecular flexibility index (Phi) is 3.43. The van der Waals surface area contributed by atoms with Gasteiger partial charge in [0.2, 0.25) is 0 Å². The van der Waals surface area contributed by atoms with Crippen LogP contribution in [0.5, 0.6) is 0 Å². The molecule has 3 heteroatoms. The number of nitrogens with zero attached hydrogens (tertiary/aromatic N) is 1. The van der Waals surface area contributed by atoms with Gasteiger partial charge in [-0.2, -0.15) is 0 Å². The molecule has 0 aromatic heterocycles. The lowest BCUT2D eigenvalue weighted by Crippen LogP contribution is -1.97. The molecule has 0 radical (unpaired) electrons. The molecule has 1 aliphatic heterocycles. The van der Waals surface area contributed by atoms with Gasteiger partial charge in [-0.3, -0.25) is 4.79 Å². The number of aliphatic imine (C=N–C) groups is 1. The van der Waals surface area contributed by atoms with Crippen molar-refractivity contribution in [2.45, 2.75) is 26.7 Å². The zero-order chi connectivity index (χ0) is 12.4. The van der Waals surface area contributed by atoms with Crippen LogP contribution in [0.15, 0.2) is 34.4 Å². The van der Waals surface area contributed by atoms with Crippen LogP contribution < -0.4 is 0 Å². The van der Waals surface area contributed by atoms with Crippen molar-refractivity contribution < 1.29 is 4.79 Å². The van der Waals surface area contributed by atoms with Gasteiger partial charge in [0.05, 0.1) is 0 Å². The lowest BCUT2D eigenvalue weighted by molar-refractivity contribution is -0.116. The molecule has 0 aliphatic carbocycles. The van der Waals surface area contributed by atoms with Crippen molar-refractivity contribution in [3.8, 4) is 0 Å².